The molecule has 3 aromatic rings. The Hall–Kier alpha value is -2.82. The van der Waals surface area contributed by atoms with Crippen LogP contribution in [-0.4, -0.2) is 14.5 Å². The average Bonchev–Trinajstić information content (AvgIpc) is 2.94. The minimum absolute atomic E-state index is 0.438. The maximum atomic E-state index is 5.62. The van der Waals surface area contributed by atoms with Crippen molar-refractivity contribution in [2.75, 3.05) is 5.73 Å². The topological polar surface area (TPSA) is 66.0 Å². The van der Waals surface area contributed by atoms with Crippen molar-refractivity contribution in [3.8, 4) is 17.3 Å². The number of aromatic nitrogens is 3. The number of pyridine rings is 1. The molecule has 0 atom stereocenters. The SMILES string of the molecule is Nc1cccc(Oc2ccc(-n3ccnc3)cc2)n1. The Labute approximate surface area is 110 Å². The number of nitrogen functional groups attached to an aromatic ring is 1. The van der Waals surface area contributed by atoms with E-state index in [1.165, 1.54) is 0 Å². The van der Waals surface area contributed by atoms with Gasteiger partial charge in [-0.1, -0.05) is 6.07 Å². The number of ether oxygens (including phenoxy) is 1. The van der Waals surface area contributed by atoms with Gasteiger partial charge >= 0.3 is 0 Å². The largest absolute Gasteiger partial charge is 0.439 e. The third-order valence-electron chi connectivity index (χ3n) is 2.61. The lowest BCUT2D eigenvalue weighted by Crippen LogP contribution is -1.93. The molecule has 5 nitrogen and oxygen atoms in total. The highest BCUT2D eigenvalue weighted by Gasteiger charge is 2.00. The van der Waals surface area contributed by atoms with E-state index < -0.39 is 0 Å². The summed E-state index contributed by atoms with van der Waals surface area (Å²) in [6.07, 6.45) is 5.37. The highest BCUT2D eigenvalue weighted by molar-refractivity contribution is 5.39. The minimum Gasteiger partial charge on any atom is -0.439 e. The Bertz CT molecular complexity index is 662. The van der Waals surface area contributed by atoms with Crippen molar-refractivity contribution in [3.05, 3.63) is 61.2 Å². The second-order valence-corrected chi connectivity index (χ2v) is 3.97. The van der Waals surface area contributed by atoms with Crippen molar-refractivity contribution < 1.29 is 4.74 Å². The molecule has 3 rings (SSSR count). The molecule has 0 aliphatic heterocycles. The highest BCUT2D eigenvalue weighted by Crippen LogP contribution is 2.21. The fourth-order valence-corrected chi connectivity index (χ4v) is 1.71. The van der Waals surface area contributed by atoms with Crippen molar-refractivity contribution in [2.45, 2.75) is 0 Å². The third kappa shape index (κ3) is 2.55. The standard InChI is InChI=1S/C14H12N4O/c15-13-2-1-3-14(17-13)19-12-6-4-11(5-7-12)18-9-8-16-10-18/h1-10H,(H2,15,17). The molecule has 19 heavy (non-hydrogen) atoms. The van der Waals surface area contributed by atoms with Crippen molar-refractivity contribution in [1.29, 1.82) is 0 Å². The summed E-state index contributed by atoms with van der Waals surface area (Å²) >= 11 is 0. The number of benzene rings is 1. The van der Waals surface area contributed by atoms with Gasteiger partial charge in [0.05, 0.1) is 6.33 Å². The first-order valence-electron chi connectivity index (χ1n) is 5.80. The van der Waals surface area contributed by atoms with Crippen LogP contribution in [0.5, 0.6) is 11.6 Å². The molecule has 1 aromatic carbocycles. The zero-order valence-corrected chi connectivity index (χ0v) is 10.1. The summed E-state index contributed by atoms with van der Waals surface area (Å²) in [5.41, 5.74) is 6.62. The molecule has 0 saturated heterocycles. The molecule has 0 amide bonds. The molecule has 0 aliphatic carbocycles. The van der Waals surface area contributed by atoms with Crippen molar-refractivity contribution in [2.24, 2.45) is 0 Å². The Kier molecular flexibility index (Phi) is 2.86. The predicted molar refractivity (Wildman–Crippen MR) is 72.3 cm³/mol. The summed E-state index contributed by atoms with van der Waals surface area (Å²) < 4.78 is 7.53. The van der Waals surface area contributed by atoms with E-state index in [2.05, 4.69) is 9.97 Å². The summed E-state index contributed by atoms with van der Waals surface area (Å²) in [5.74, 6) is 1.63. The monoisotopic (exact) mass is 252 g/mol. The molecule has 0 fully saturated rings. The van der Waals surface area contributed by atoms with Gasteiger partial charge in [-0.3, -0.25) is 0 Å². The fourth-order valence-electron chi connectivity index (χ4n) is 1.71. The lowest BCUT2D eigenvalue weighted by Gasteiger charge is -2.06. The Morgan fingerprint density at radius 3 is 2.58 bits per heavy atom. The van der Waals surface area contributed by atoms with Crippen molar-refractivity contribution >= 4 is 5.82 Å². The normalized spacial score (nSPS) is 10.3. The van der Waals surface area contributed by atoms with Crippen LogP contribution in [0.15, 0.2) is 61.2 Å². The van der Waals surface area contributed by atoms with Gasteiger partial charge in [0.2, 0.25) is 5.88 Å². The van der Waals surface area contributed by atoms with E-state index in [1.54, 1.807) is 30.7 Å². The Morgan fingerprint density at radius 2 is 1.89 bits per heavy atom. The minimum atomic E-state index is 0.438. The van der Waals surface area contributed by atoms with Crippen LogP contribution >= 0.6 is 0 Å². The van der Waals surface area contributed by atoms with E-state index in [0.717, 1.165) is 5.69 Å². The van der Waals surface area contributed by atoms with Crippen molar-refractivity contribution in [3.63, 3.8) is 0 Å². The van der Waals surface area contributed by atoms with Gasteiger partial charge in [-0.15, -0.1) is 0 Å². The van der Waals surface area contributed by atoms with Crippen LogP contribution in [0, 0.1) is 0 Å². The molecule has 5 heteroatoms. The molecule has 2 aromatic heterocycles. The third-order valence-corrected chi connectivity index (χ3v) is 2.61. The molecular weight excluding hydrogens is 240 g/mol. The second-order valence-electron chi connectivity index (χ2n) is 3.97. The van der Waals surface area contributed by atoms with Gasteiger partial charge in [-0.2, -0.15) is 4.98 Å². The van der Waals surface area contributed by atoms with E-state index in [9.17, 15) is 0 Å². The van der Waals surface area contributed by atoms with Gasteiger partial charge < -0.3 is 15.0 Å². The number of anilines is 1. The number of nitrogens with zero attached hydrogens (tertiary/aromatic N) is 3. The van der Waals surface area contributed by atoms with Gasteiger partial charge in [-0.25, -0.2) is 4.98 Å². The highest BCUT2D eigenvalue weighted by atomic mass is 16.5. The van der Waals surface area contributed by atoms with Crippen molar-refractivity contribution in [1.82, 2.24) is 14.5 Å². The molecule has 0 saturated carbocycles. The number of rotatable bonds is 3. The zero-order chi connectivity index (χ0) is 13.1. The molecule has 0 unspecified atom stereocenters. The van der Waals surface area contributed by atoms with E-state index in [1.807, 2.05) is 35.0 Å². The summed E-state index contributed by atoms with van der Waals surface area (Å²) in [4.78, 5) is 8.09. The van der Waals surface area contributed by atoms with E-state index in [4.69, 9.17) is 10.5 Å². The summed E-state index contributed by atoms with van der Waals surface area (Å²) in [6, 6.07) is 12.9. The molecule has 0 aliphatic rings. The van der Waals surface area contributed by atoms with Crippen LogP contribution in [0.1, 0.15) is 0 Å². The number of imidazole rings is 1. The van der Waals surface area contributed by atoms with Crippen LogP contribution in [-0.2, 0) is 0 Å². The van der Waals surface area contributed by atoms with Crippen LogP contribution in [0.3, 0.4) is 0 Å². The molecule has 2 N–H and O–H groups in total. The first-order chi connectivity index (χ1) is 9.31. The quantitative estimate of drug-likeness (QED) is 0.778. The maximum Gasteiger partial charge on any atom is 0.221 e. The lowest BCUT2D eigenvalue weighted by molar-refractivity contribution is 0.464. The van der Waals surface area contributed by atoms with Crippen LogP contribution in [0.4, 0.5) is 5.82 Å². The van der Waals surface area contributed by atoms with Crippen LogP contribution < -0.4 is 10.5 Å². The predicted octanol–water partition coefficient (Wildman–Crippen LogP) is 2.64. The average molecular weight is 252 g/mol. The summed E-state index contributed by atoms with van der Waals surface area (Å²) in [5, 5.41) is 0. The molecule has 2 heterocycles. The zero-order valence-electron chi connectivity index (χ0n) is 10.1. The lowest BCUT2D eigenvalue weighted by atomic mass is 10.3. The maximum absolute atomic E-state index is 5.62. The molecule has 0 bridgehead atoms. The smallest absolute Gasteiger partial charge is 0.221 e. The van der Waals surface area contributed by atoms with Gasteiger partial charge in [-0.05, 0) is 30.3 Å². The van der Waals surface area contributed by atoms with Gasteiger partial charge in [0.1, 0.15) is 11.6 Å². The molecule has 0 radical (unpaired) electrons. The number of nitrogens with two attached hydrogens (primary N) is 1. The van der Waals surface area contributed by atoms with Crippen LogP contribution in [0.25, 0.3) is 5.69 Å². The Balaban J connectivity index is 1.80. The molecular formula is C14H12N4O. The van der Waals surface area contributed by atoms with Gasteiger partial charge in [0.25, 0.3) is 0 Å². The van der Waals surface area contributed by atoms with E-state index in [-0.39, 0.29) is 0 Å². The summed E-state index contributed by atoms with van der Waals surface area (Å²) in [7, 11) is 0. The first kappa shape index (κ1) is 11.3. The molecule has 94 valence electrons. The fraction of sp³-hybridized carbons (Fsp3) is 0. The molecule has 0 spiro atoms. The number of hydrogen-bond acceptors (Lipinski definition) is 4. The first-order valence-corrected chi connectivity index (χ1v) is 5.80. The number of hydrogen-bond donors (Lipinski definition) is 1. The van der Waals surface area contributed by atoms with Gasteiger partial charge in [0, 0.05) is 24.1 Å². The van der Waals surface area contributed by atoms with Crippen LogP contribution in [0.2, 0.25) is 0 Å². The Morgan fingerprint density at radius 1 is 1.05 bits per heavy atom. The summed E-state index contributed by atoms with van der Waals surface area (Å²) in [6.45, 7) is 0. The van der Waals surface area contributed by atoms with Gasteiger partial charge in [0.15, 0.2) is 0 Å². The van der Waals surface area contributed by atoms with E-state index >= 15 is 0 Å². The van der Waals surface area contributed by atoms with E-state index in [0.29, 0.717) is 17.4 Å². The second kappa shape index (κ2) is 4.81.